The summed E-state index contributed by atoms with van der Waals surface area (Å²) in [5.74, 6) is 0. The van der Waals surface area contributed by atoms with Gasteiger partial charge in [-0.3, -0.25) is 0 Å². The second-order valence-corrected chi connectivity index (χ2v) is 4.38. The van der Waals surface area contributed by atoms with Gasteiger partial charge in [-0.1, -0.05) is 30.4 Å². The second kappa shape index (κ2) is 4.73. The molecule has 0 spiro atoms. The molecular weight excluding hydrogens is 212 g/mol. The molecule has 0 amide bonds. The van der Waals surface area contributed by atoms with E-state index in [4.69, 9.17) is 10.4 Å². The Labute approximate surface area is 88.7 Å². The topological polar surface area (TPSA) is 83.9 Å². The highest BCUT2D eigenvalue weighted by Gasteiger charge is 2.10. The largest absolute Gasteiger partial charge is 0.238 e. The lowest BCUT2D eigenvalue weighted by atomic mass is 10.2. The van der Waals surface area contributed by atoms with Crippen LogP contribution in [0.5, 0.6) is 0 Å². The molecule has 0 aromatic heterocycles. The molecule has 78 valence electrons. The zero-order valence-electron chi connectivity index (χ0n) is 7.92. The lowest BCUT2D eigenvalue weighted by molar-refractivity contribution is 0.597. The summed E-state index contributed by atoms with van der Waals surface area (Å²) in [6.45, 7) is 0. The summed E-state index contributed by atoms with van der Waals surface area (Å²) in [7, 11) is -3.70. The Morgan fingerprint density at radius 3 is 2.67 bits per heavy atom. The number of hydrogen-bond acceptors (Lipinski definition) is 3. The zero-order chi connectivity index (χ0) is 11.3. The lowest BCUT2D eigenvalue weighted by Gasteiger charge is -2.01. The van der Waals surface area contributed by atoms with Crippen LogP contribution in [0.1, 0.15) is 12.0 Å². The Kier molecular flexibility index (Phi) is 3.61. The summed E-state index contributed by atoms with van der Waals surface area (Å²) >= 11 is 0. The predicted molar refractivity (Wildman–Crippen MR) is 57.1 cm³/mol. The summed E-state index contributed by atoms with van der Waals surface area (Å²) in [6.07, 6.45) is 3.39. The normalized spacial score (nSPS) is 11.5. The molecule has 1 aromatic rings. The van der Waals surface area contributed by atoms with E-state index in [1.807, 2.05) is 6.07 Å². The molecule has 2 N–H and O–H groups in total. The van der Waals surface area contributed by atoms with Crippen molar-refractivity contribution in [3.63, 3.8) is 0 Å². The van der Waals surface area contributed by atoms with Gasteiger partial charge in [0.25, 0.3) is 0 Å². The van der Waals surface area contributed by atoms with Gasteiger partial charge in [-0.15, -0.1) is 0 Å². The maximum atomic E-state index is 11.2. The number of sulfonamides is 1. The Hall–Kier alpha value is -1.64. The van der Waals surface area contributed by atoms with E-state index in [1.54, 1.807) is 30.4 Å². The van der Waals surface area contributed by atoms with Gasteiger partial charge < -0.3 is 0 Å². The van der Waals surface area contributed by atoms with Crippen LogP contribution in [0.15, 0.2) is 35.2 Å². The fraction of sp³-hybridized carbons (Fsp3) is 0.100. The molecular formula is C10H10N2O2S. The van der Waals surface area contributed by atoms with Gasteiger partial charge in [0.05, 0.1) is 17.4 Å². The molecule has 0 atom stereocenters. The molecule has 0 radical (unpaired) electrons. The van der Waals surface area contributed by atoms with Gasteiger partial charge in [-0.2, -0.15) is 5.26 Å². The van der Waals surface area contributed by atoms with Crippen LogP contribution in [0.4, 0.5) is 0 Å². The SMILES string of the molecule is N#CCC=Cc1ccccc1S(N)(=O)=O. The minimum absolute atomic E-state index is 0.0687. The van der Waals surface area contributed by atoms with Crippen LogP contribution in [0.25, 0.3) is 6.08 Å². The number of allylic oxidation sites excluding steroid dienone is 1. The third-order valence-corrected chi connectivity index (χ3v) is 2.72. The molecule has 0 saturated carbocycles. The molecule has 0 heterocycles. The molecule has 0 aliphatic carbocycles. The highest BCUT2D eigenvalue weighted by atomic mass is 32.2. The molecule has 0 aliphatic rings. The molecule has 5 heteroatoms. The van der Waals surface area contributed by atoms with Gasteiger partial charge in [0.2, 0.25) is 10.0 Å². The minimum atomic E-state index is -3.70. The fourth-order valence-corrected chi connectivity index (χ4v) is 1.85. The van der Waals surface area contributed by atoms with Crippen LogP contribution in [0.2, 0.25) is 0 Å². The van der Waals surface area contributed by atoms with Crippen molar-refractivity contribution in [3.05, 3.63) is 35.9 Å². The van der Waals surface area contributed by atoms with E-state index < -0.39 is 10.0 Å². The molecule has 0 unspecified atom stereocenters. The number of nitrogens with zero attached hydrogens (tertiary/aromatic N) is 1. The van der Waals surface area contributed by atoms with E-state index in [1.165, 1.54) is 6.07 Å². The average Bonchev–Trinajstić information content (AvgIpc) is 2.17. The summed E-state index contributed by atoms with van der Waals surface area (Å²) in [4.78, 5) is 0.0687. The molecule has 0 bridgehead atoms. The Morgan fingerprint density at radius 1 is 1.40 bits per heavy atom. The van der Waals surface area contributed by atoms with E-state index in [-0.39, 0.29) is 11.3 Å². The van der Waals surface area contributed by atoms with Crippen molar-refractivity contribution in [2.24, 2.45) is 5.14 Å². The van der Waals surface area contributed by atoms with Crippen LogP contribution >= 0.6 is 0 Å². The number of hydrogen-bond donors (Lipinski definition) is 1. The first kappa shape index (κ1) is 11.4. The molecule has 1 rings (SSSR count). The van der Waals surface area contributed by atoms with Gasteiger partial charge in [0, 0.05) is 0 Å². The Balaban J connectivity index is 3.15. The summed E-state index contributed by atoms with van der Waals surface area (Å²) in [6, 6.07) is 8.30. The second-order valence-electron chi connectivity index (χ2n) is 2.85. The highest BCUT2D eigenvalue weighted by molar-refractivity contribution is 7.89. The van der Waals surface area contributed by atoms with Crippen LogP contribution in [-0.2, 0) is 10.0 Å². The molecule has 15 heavy (non-hydrogen) atoms. The van der Waals surface area contributed by atoms with Crippen LogP contribution in [0, 0.1) is 11.3 Å². The van der Waals surface area contributed by atoms with Gasteiger partial charge in [-0.05, 0) is 11.6 Å². The van der Waals surface area contributed by atoms with Gasteiger partial charge >= 0.3 is 0 Å². The van der Waals surface area contributed by atoms with Crippen LogP contribution < -0.4 is 5.14 Å². The fourth-order valence-electron chi connectivity index (χ4n) is 1.12. The van der Waals surface area contributed by atoms with E-state index in [0.29, 0.717) is 5.56 Å². The quantitative estimate of drug-likeness (QED) is 0.835. The summed E-state index contributed by atoms with van der Waals surface area (Å²) in [5, 5.41) is 13.4. The first-order valence-electron chi connectivity index (χ1n) is 4.21. The van der Waals surface area contributed by atoms with Gasteiger partial charge in [0.1, 0.15) is 0 Å². The van der Waals surface area contributed by atoms with Gasteiger partial charge in [-0.25, -0.2) is 13.6 Å². The maximum absolute atomic E-state index is 11.2. The first-order chi connectivity index (χ1) is 7.05. The first-order valence-corrected chi connectivity index (χ1v) is 5.75. The number of rotatable bonds is 3. The minimum Gasteiger partial charge on any atom is -0.225 e. The maximum Gasteiger partial charge on any atom is 0.238 e. The van der Waals surface area contributed by atoms with Crippen molar-refractivity contribution < 1.29 is 8.42 Å². The molecule has 4 nitrogen and oxygen atoms in total. The smallest absolute Gasteiger partial charge is 0.225 e. The number of primary sulfonamides is 1. The van der Waals surface area contributed by atoms with Crippen molar-refractivity contribution in [1.82, 2.24) is 0 Å². The number of benzene rings is 1. The summed E-state index contributed by atoms with van der Waals surface area (Å²) < 4.78 is 22.3. The molecule has 1 aromatic carbocycles. The van der Waals surface area contributed by atoms with Crippen molar-refractivity contribution in [3.8, 4) is 6.07 Å². The van der Waals surface area contributed by atoms with Crippen LogP contribution in [-0.4, -0.2) is 8.42 Å². The molecule has 0 fully saturated rings. The van der Waals surface area contributed by atoms with Crippen molar-refractivity contribution in [2.45, 2.75) is 11.3 Å². The summed E-state index contributed by atoms with van der Waals surface area (Å²) in [5.41, 5.74) is 0.496. The standard InChI is InChI=1S/C10H10N2O2S/c11-8-4-3-6-9-5-1-2-7-10(9)15(12,13)14/h1-3,5-7H,4H2,(H2,12,13,14). The Morgan fingerprint density at radius 2 is 2.07 bits per heavy atom. The predicted octanol–water partition coefficient (Wildman–Crippen LogP) is 1.26. The number of nitrogens with two attached hydrogens (primary N) is 1. The highest BCUT2D eigenvalue weighted by Crippen LogP contribution is 2.15. The zero-order valence-corrected chi connectivity index (χ0v) is 8.74. The van der Waals surface area contributed by atoms with E-state index >= 15 is 0 Å². The average molecular weight is 222 g/mol. The van der Waals surface area contributed by atoms with Crippen molar-refractivity contribution in [2.75, 3.05) is 0 Å². The molecule has 0 saturated heterocycles. The van der Waals surface area contributed by atoms with E-state index in [9.17, 15) is 8.42 Å². The third-order valence-electron chi connectivity index (χ3n) is 1.73. The third kappa shape index (κ3) is 3.20. The lowest BCUT2D eigenvalue weighted by Crippen LogP contribution is -2.13. The van der Waals surface area contributed by atoms with Crippen molar-refractivity contribution in [1.29, 1.82) is 5.26 Å². The van der Waals surface area contributed by atoms with Gasteiger partial charge in [0.15, 0.2) is 0 Å². The van der Waals surface area contributed by atoms with Crippen molar-refractivity contribution >= 4 is 16.1 Å². The number of nitriles is 1. The molecule has 0 aliphatic heterocycles. The van der Waals surface area contributed by atoms with E-state index in [2.05, 4.69) is 0 Å². The monoisotopic (exact) mass is 222 g/mol. The van der Waals surface area contributed by atoms with E-state index in [0.717, 1.165) is 0 Å². The Bertz CT molecular complexity index is 512. The van der Waals surface area contributed by atoms with Crippen LogP contribution in [0.3, 0.4) is 0 Å².